The van der Waals surface area contributed by atoms with Crippen molar-refractivity contribution < 1.29 is 9.21 Å². The summed E-state index contributed by atoms with van der Waals surface area (Å²) in [5, 5.41) is 6.27. The molecule has 3 rings (SSSR count). The second kappa shape index (κ2) is 4.31. The number of anilines is 1. The molecule has 0 bridgehead atoms. The lowest BCUT2D eigenvalue weighted by Gasteiger charge is -2.10. The fraction of sp³-hybridized carbons (Fsp3) is 0.0769. The maximum absolute atomic E-state index is 11.9. The number of rotatable bonds is 2. The zero-order valence-corrected chi connectivity index (χ0v) is 10.1. The van der Waals surface area contributed by atoms with Crippen LogP contribution in [0, 0.1) is 0 Å². The van der Waals surface area contributed by atoms with Crippen LogP contribution < -0.4 is 5.01 Å². The number of benzene rings is 1. The first kappa shape index (κ1) is 11.0. The van der Waals surface area contributed by atoms with Crippen LogP contribution in [0.5, 0.6) is 0 Å². The number of amides is 1. The average Bonchev–Trinajstić information content (AvgIpc) is 2.99. The van der Waals surface area contributed by atoms with E-state index < -0.39 is 0 Å². The Hall–Kier alpha value is -2.07. The number of carbonyl (C=O) groups is 1. The average molecular weight is 261 g/mol. The highest BCUT2D eigenvalue weighted by molar-refractivity contribution is 6.30. The Morgan fingerprint density at radius 2 is 2.00 bits per heavy atom. The standard InChI is InChI=1S/C13H9ClN2O2/c14-9-3-5-10(6-4-9)16-13(17)8-11(15-16)12-2-1-7-18-12/h1-7H,8H2. The molecule has 0 fully saturated rings. The van der Waals surface area contributed by atoms with Crippen molar-refractivity contribution in [2.75, 3.05) is 5.01 Å². The third-order valence-corrected chi connectivity index (χ3v) is 2.90. The summed E-state index contributed by atoms with van der Waals surface area (Å²) in [7, 11) is 0. The van der Waals surface area contributed by atoms with E-state index in [-0.39, 0.29) is 12.3 Å². The Bertz CT molecular complexity index is 602. The number of hydrazone groups is 1. The summed E-state index contributed by atoms with van der Waals surface area (Å²) >= 11 is 5.81. The predicted molar refractivity (Wildman–Crippen MR) is 68.8 cm³/mol. The molecule has 0 unspecified atom stereocenters. The molecule has 0 saturated carbocycles. The van der Waals surface area contributed by atoms with Crippen LogP contribution in [0.1, 0.15) is 12.2 Å². The molecule has 0 N–H and O–H groups in total. The molecule has 4 nitrogen and oxygen atoms in total. The normalized spacial score (nSPS) is 15.1. The fourth-order valence-electron chi connectivity index (χ4n) is 1.79. The van der Waals surface area contributed by atoms with Crippen molar-refractivity contribution in [2.45, 2.75) is 6.42 Å². The van der Waals surface area contributed by atoms with Gasteiger partial charge in [-0.1, -0.05) is 11.6 Å². The maximum atomic E-state index is 11.9. The molecule has 2 heterocycles. The van der Waals surface area contributed by atoms with Crippen LogP contribution in [0.25, 0.3) is 0 Å². The number of carbonyl (C=O) groups excluding carboxylic acids is 1. The number of hydrogen-bond donors (Lipinski definition) is 0. The molecular weight excluding hydrogens is 252 g/mol. The van der Waals surface area contributed by atoms with Crippen molar-refractivity contribution in [3.8, 4) is 0 Å². The van der Waals surface area contributed by atoms with Crippen LogP contribution in [-0.2, 0) is 4.79 Å². The molecule has 1 aliphatic heterocycles. The highest BCUT2D eigenvalue weighted by Gasteiger charge is 2.27. The third kappa shape index (κ3) is 1.91. The van der Waals surface area contributed by atoms with Crippen molar-refractivity contribution in [1.82, 2.24) is 0 Å². The van der Waals surface area contributed by atoms with E-state index in [4.69, 9.17) is 16.0 Å². The van der Waals surface area contributed by atoms with Gasteiger partial charge in [-0.25, -0.2) is 5.01 Å². The van der Waals surface area contributed by atoms with Gasteiger partial charge in [-0.3, -0.25) is 4.79 Å². The lowest BCUT2D eigenvalue weighted by atomic mass is 10.2. The molecule has 1 aromatic heterocycles. The van der Waals surface area contributed by atoms with Gasteiger partial charge in [0, 0.05) is 5.02 Å². The Morgan fingerprint density at radius 1 is 1.22 bits per heavy atom. The van der Waals surface area contributed by atoms with Crippen LogP contribution in [0.3, 0.4) is 0 Å². The van der Waals surface area contributed by atoms with E-state index in [1.807, 2.05) is 0 Å². The van der Waals surface area contributed by atoms with Gasteiger partial charge in [0.05, 0.1) is 18.4 Å². The first-order valence-electron chi connectivity index (χ1n) is 5.44. The number of halogens is 1. The van der Waals surface area contributed by atoms with Crippen molar-refractivity contribution in [2.24, 2.45) is 5.10 Å². The van der Waals surface area contributed by atoms with Crippen molar-refractivity contribution >= 4 is 28.9 Å². The highest BCUT2D eigenvalue weighted by atomic mass is 35.5. The predicted octanol–water partition coefficient (Wildman–Crippen LogP) is 3.07. The Kier molecular flexibility index (Phi) is 2.64. The van der Waals surface area contributed by atoms with Gasteiger partial charge >= 0.3 is 0 Å². The highest BCUT2D eigenvalue weighted by Crippen LogP contribution is 2.24. The largest absolute Gasteiger partial charge is 0.463 e. The van der Waals surface area contributed by atoms with E-state index in [0.29, 0.717) is 22.2 Å². The monoisotopic (exact) mass is 260 g/mol. The summed E-state index contributed by atoms with van der Waals surface area (Å²) in [6, 6.07) is 10.5. The second-order valence-corrected chi connectivity index (χ2v) is 4.32. The third-order valence-electron chi connectivity index (χ3n) is 2.65. The molecule has 0 aliphatic carbocycles. The maximum Gasteiger partial charge on any atom is 0.253 e. The summed E-state index contributed by atoms with van der Waals surface area (Å²) in [5.74, 6) is 0.545. The van der Waals surface area contributed by atoms with Crippen molar-refractivity contribution in [3.05, 3.63) is 53.4 Å². The zero-order valence-electron chi connectivity index (χ0n) is 9.34. The van der Waals surface area contributed by atoms with Gasteiger partial charge in [-0.2, -0.15) is 5.10 Å². The van der Waals surface area contributed by atoms with Gasteiger partial charge in [-0.15, -0.1) is 0 Å². The SMILES string of the molecule is O=C1CC(c2ccco2)=NN1c1ccc(Cl)cc1. The van der Waals surface area contributed by atoms with E-state index in [9.17, 15) is 4.79 Å². The Balaban J connectivity index is 1.93. The van der Waals surface area contributed by atoms with E-state index in [1.165, 1.54) is 5.01 Å². The van der Waals surface area contributed by atoms with Gasteiger partial charge in [-0.05, 0) is 36.4 Å². The van der Waals surface area contributed by atoms with E-state index in [1.54, 1.807) is 42.7 Å². The van der Waals surface area contributed by atoms with Gasteiger partial charge in [0.15, 0.2) is 0 Å². The second-order valence-electron chi connectivity index (χ2n) is 3.88. The van der Waals surface area contributed by atoms with Crippen LogP contribution in [0.2, 0.25) is 5.02 Å². The smallest absolute Gasteiger partial charge is 0.253 e. The molecule has 1 aromatic carbocycles. The van der Waals surface area contributed by atoms with Crippen LogP contribution in [-0.4, -0.2) is 11.6 Å². The van der Waals surface area contributed by atoms with Crippen molar-refractivity contribution in [1.29, 1.82) is 0 Å². The Labute approximate surface area is 108 Å². The molecule has 0 spiro atoms. The van der Waals surface area contributed by atoms with Crippen LogP contribution in [0.4, 0.5) is 5.69 Å². The lowest BCUT2D eigenvalue weighted by Crippen LogP contribution is -2.19. The summed E-state index contributed by atoms with van der Waals surface area (Å²) in [6.07, 6.45) is 1.81. The minimum Gasteiger partial charge on any atom is -0.463 e. The number of furan rings is 1. The molecule has 2 aromatic rings. The molecule has 0 saturated heterocycles. The van der Waals surface area contributed by atoms with Gasteiger partial charge in [0.25, 0.3) is 5.91 Å². The molecule has 90 valence electrons. The molecular formula is C13H9ClN2O2. The molecule has 5 heteroatoms. The van der Waals surface area contributed by atoms with Gasteiger partial charge in [0.2, 0.25) is 0 Å². The minimum absolute atomic E-state index is 0.0799. The summed E-state index contributed by atoms with van der Waals surface area (Å²) in [4.78, 5) is 11.9. The van der Waals surface area contributed by atoms with Gasteiger partial charge < -0.3 is 4.42 Å². The topological polar surface area (TPSA) is 45.8 Å². The molecule has 0 atom stereocenters. The molecule has 0 radical (unpaired) electrons. The van der Waals surface area contributed by atoms with E-state index in [2.05, 4.69) is 5.10 Å². The Morgan fingerprint density at radius 3 is 2.67 bits per heavy atom. The first-order valence-corrected chi connectivity index (χ1v) is 5.82. The van der Waals surface area contributed by atoms with E-state index >= 15 is 0 Å². The van der Waals surface area contributed by atoms with Crippen LogP contribution in [0.15, 0.2) is 52.2 Å². The zero-order chi connectivity index (χ0) is 12.5. The summed E-state index contributed by atoms with van der Waals surface area (Å²) < 4.78 is 5.24. The summed E-state index contributed by atoms with van der Waals surface area (Å²) in [6.45, 7) is 0. The molecule has 1 aliphatic rings. The molecule has 1 amide bonds. The quantitative estimate of drug-likeness (QED) is 0.833. The van der Waals surface area contributed by atoms with Gasteiger partial charge in [0.1, 0.15) is 11.5 Å². The number of nitrogens with zero attached hydrogens (tertiary/aromatic N) is 2. The summed E-state index contributed by atoms with van der Waals surface area (Å²) in [5.41, 5.74) is 1.34. The fourth-order valence-corrected chi connectivity index (χ4v) is 1.92. The van der Waals surface area contributed by atoms with E-state index in [0.717, 1.165) is 0 Å². The first-order chi connectivity index (χ1) is 8.74. The number of hydrogen-bond acceptors (Lipinski definition) is 3. The van der Waals surface area contributed by atoms with Crippen LogP contribution >= 0.6 is 11.6 Å². The lowest BCUT2D eigenvalue weighted by molar-refractivity contribution is -0.116. The molecule has 18 heavy (non-hydrogen) atoms. The minimum atomic E-state index is -0.0799. The van der Waals surface area contributed by atoms with Crippen molar-refractivity contribution in [3.63, 3.8) is 0 Å².